The van der Waals surface area contributed by atoms with Crippen molar-refractivity contribution in [1.82, 2.24) is 4.57 Å². The Morgan fingerprint density at radius 3 is 2.23 bits per heavy atom. The molecule has 13 heavy (non-hydrogen) atoms. The van der Waals surface area contributed by atoms with Crippen LogP contribution in [0.5, 0.6) is 0 Å². The van der Waals surface area contributed by atoms with E-state index in [2.05, 4.69) is 57.4 Å². The van der Waals surface area contributed by atoms with Crippen LogP contribution in [-0.2, 0) is 0 Å². The molecule has 0 aliphatic rings. The third-order valence-electron chi connectivity index (χ3n) is 2.40. The second-order valence-corrected chi connectivity index (χ2v) is 3.67. The van der Waals surface area contributed by atoms with Crippen molar-refractivity contribution in [3.05, 3.63) is 22.3 Å². The lowest BCUT2D eigenvalue weighted by molar-refractivity contribution is 0.573. The number of hydrogen-bond acceptors (Lipinski definition) is 0. The summed E-state index contributed by atoms with van der Waals surface area (Å²) in [5, 5.41) is 2.68. The van der Waals surface area contributed by atoms with Gasteiger partial charge in [-0.1, -0.05) is 12.2 Å². The Hall–Kier alpha value is -0.980. The maximum absolute atomic E-state index is 2.37. The zero-order valence-electron chi connectivity index (χ0n) is 9.26. The Labute approximate surface area is 80.4 Å². The molecule has 0 N–H and O–H groups in total. The van der Waals surface area contributed by atoms with E-state index in [9.17, 15) is 0 Å². The summed E-state index contributed by atoms with van der Waals surface area (Å²) < 4.78 is 2.37. The Balaban J connectivity index is 3.61. The van der Waals surface area contributed by atoms with E-state index in [0.717, 1.165) is 0 Å². The topological polar surface area (TPSA) is 4.93 Å². The number of rotatable bonds is 1. The van der Waals surface area contributed by atoms with Crippen LogP contribution in [0.2, 0.25) is 0 Å². The molecule has 0 aliphatic carbocycles. The molecule has 1 heterocycles. The molecule has 0 unspecified atom stereocenters. The highest BCUT2D eigenvalue weighted by Gasteiger charge is 2.03. The highest BCUT2D eigenvalue weighted by molar-refractivity contribution is 5.29. The van der Waals surface area contributed by atoms with Crippen LogP contribution in [0.15, 0.2) is 6.07 Å². The molecule has 1 rings (SSSR count). The first-order chi connectivity index (χ1) is 6.11. The summed E-state index contributed by atoms with van der Waals surface area (Å²) in [6.45, 7) is 10.8. The van der Waals surface area contributed by atoms with Crippen LogP contribution in [0.3, 0.4) is 0 Å². The van der Waals surface area contributed by atoms with Crippen molar-refractivity contribution < 1.29 is 0 Å². The van der Waals surface area contributed by atoms with E-state index in [4.69, 9.17) is 0 Å². The van der Waals surface area contributed by atoms with Crippen LogP contribution >= 0.6 is 0 Å². The van der Waals surface area contributed by atoms with E-state index in [1.807, 2.05) is 0 Å². The van der Waals surface area contributed by atoms with Gasteiger partial charge < -0.3 is 4.57 Å². The zero-order chi connectivity index (χ0) is 10.0. The van der Waals surface area contributed by atoms with Gasteiger partial charge in [-0.3, -0.25) is 0 Å². The normalized spacial score (nSPS) is 14.6. The molecule has 0 atom stereocenters. The molecule has 0 saturated heterocycles. The average molecular weight is 177 g/mol. The van der Waals surface area contributed by atoms with Gasteiger partial charge >= 0.3 is 0 Å². The summed E-state index contributed by atoms with van der Waals surface area (Å²) in [6, 6.07) is 2.79. The number of aryl methyl sites for hydroxylation is 1. The lowest BCUT2D eigenvalue weighted by atomic mass is 10.3. The smallest absolute Gasteiger partial charge is 0.0438 e. The molecule has 1 nitrogen and oxygen atoms in total. The lowest BCUT2D eigenvalue weighted by Gasteiger charge is -2.10. The molecule has 0 aliphatic heterocycles. The third kappa shape index (κ3) is 1.69. The summed E-state index contributed by atoms with van der Waals surface area (Å²) in [5.74, 6) is 0. The monoisotopic (exact) mass is 177 g/mol. The fourth-order valence-corrected chi connectivity index (χ4v) is 1.92. The first-order valence-electron chi connectivity index (χ1n) is 4.92. The summed E-state index contributed by atoms with van der Waals surface area (Å²) in [6.07, 6.45) is 4.35. The molecule has 1 heteroatoms. The Morgan fingerprint density at radius 1 is 1.23 bits per heavy atom. The van der Waals surface area contributed by atoms with Crippen molar-refractivity contribution in [2.24, 2.45) is 0 Å². The molecule has 0 amide bonds. The molecule has 0 spiro atoms. The molecule has 0 aromatic carbocycles. The molecule has 0 saturated carbocycles. The van der Waals surface area contributed by atoms with E-state index in [0.29, 0.717) is 6.04 Å². The van der Waals surface area contributed by atoms with E-state index in [1.54, 1.807) is 0 Å². The molecular formula is C12H19N. The van der Waals surface area contributed by atoms with Gasteiger partial charge in [0.1, 0.15) is 0 Å². The highest BCUT2D eigenvalue weighted by atomic mass is 15.0. The van der Waals surface area contributed by atoms with Gasteiger partial charge in [0, 0.05) is 17.1 Å². The molecular weight excluding hydrogens is 158 g/mol. The summed E-state index contributed by atoms with van der Waals surface area (Å²) in [5.41, 5.74) is 1.34. The SMILES string of the molecule is C/C=c1/cc(C)n(C(C)C)/c1=C/C. The number of aromatic nitrogens is 1. The fraction of sp³-hybridized carbons (Fsp3) is 0.500. The van der Waals surface area contributed by atoms with Crippen molar-refractivity contribution >= 4 is 12.2 Å². The van der Waals surface area contributed by atoms with Gasteiger partial charge in [0.25, 0.3) is 0 Å². The quantitative estimate of drug-likeness (QED) is 0.618. The van der Waals surface area contributed by atoms with Crippen molar-refractivity contribution in [3.63, 3.8) is 0 Å². The van der Waals surface area contributed by atoms with Crippen LogP contribution in [0.1, 0.15) is 39.4 Å². The largest absolute Gasteiger partial charge is 0.343 e. The average Bonchev–Trinajstić information content (AvgIpc) is 2.41. The minimum Gasteiger partial charge on any atom is -0.343 e. The second-order valence-electron chi connectivity index (χ2n) is 3.67. The number of nitrogens with zero attached hydrogens (tertiary/aromatic N) is 1. The zero-order valence-corrected chi connectivity index (χ0v) is 9.26. The van der Waals surface area contributed by atoms with Crippen LogP contribution in [0, 0.1) is 6.92 Å². The summed E-state index contributed by atoms with van der Waals surface area (Å²) >= 11 is 0. The first kappa shape index (κ1) is 10.1. The maximum Gasteiger partial charge on any atom is 0.0438 e. The van der Waals surface area contributed by atoms with Gasteiger partial charge in [0.2, 0.25) is 0 Å². The predicted octanol–water partition coefficient (Wildman–Crippen LogP) is 1.98. The molecule has 1 aromatic heterocycles. The highest BCUT2D eigenvalue weighted by Crippen LogP contribution is 2.02. The molecule has 1 aromatic rings. The van der Waals surface area contributed by atoms with Crippen LogP contribution < -0.4 is 10.6 Å². The first-order valence-corrected chi connectivity index (χ1v) is 4.92. The second kappa shape index (κ2) is 3.82. The van der Waals surface area contributed by atoms with Gasteiger partial charge in [-0.05, 0) is 45.9 Å². The third-order valence-corrected chi connectivity index (χ3v) is 2.40. The maximum atomic E-state index is 2.37. The summed E-state index contributed by atoms with van der Waals surface area (Å²) in [7, 11) is 0. The molecule has 0 fully saturated rings. The van der Waals surface area contributed by atoms with Gasteiger partial charge in [0.15, 0.2) is 0 Å². The predicted molar refractivity (Wildman–Crippen MR) is 59.1 cm³/mol. The lowest BCUT2D eigenvalue weighted by Crippen LogP contribution is -2.29. The van der Waals surface area contributed by atoms with Crippen LogP contribution in [0.25, 0.3) is 12.2 Å². The molecule has 0 radical (unpaired) electrons. The van der Waals surface area contributed by atoms with Crippen molar-refractivity contribution in [1.29, 1.82) is 0 Å². The number of hydrogen-bond donors (Lipinski definition) is 0. The van der Waals surface area contributed by atoms with E-state index in [-0.39, 0.29) is 0 Å². The van der Waals surface area contributed by atoms with Crippen molar-refractivity contribution in [2.45, 2.75) is 40.7 Å². The van der Waals surface area contributed by atoms with Crippen molar-refractivity contribution in [3.8, 4) is 0 Å². The van der Waals surface area contributed by atoms with E-state index in [1.165, 1.54) is 16.3 Å². The molecule has 72 valence electrons. The van der Waals surface area contributed by atoms with Gasteiger partial charge in [-0.2, -0.15) is 0 Å². The van der Waals surface area contributed by atoms with Gasteiger partial charge in [0.05, 0.1) is 0 Å². The minimum absolute atomic E-state index is 0.542. The minimum atomic E-state index is 0.542. The van der Waals surface area contributed by atoms with E-state index >= 15 is 0 Å². The Kier molecular flexibility index (Phi) is 2.97. The van der Waals surface area contributed by atoms with Crippen molar-refractivity contribution in [2.75, 3.05) is 0 Å². The van der Waals surface area contributed by atoms with Crippen LogP contribution in [-0.4, -0.2) is 4.57 Å². The van der Waals surface area contributed by atoms with Crippen LogP contribution in [0.4, 0.5) is 0 Å². The van der Waals surface area contributed by atoms with Gasteiger partial charge in [-0.15, -0.1) is 0 Å². The summed E-state index contributed by atoms with van der Waals surface area (Å²) in [4.78, 5) is 0. The van der Waals surface area contributed by atoms with Gasteiger partial charge in [-0.25, -0.2) is 0 Å². The Morgan fingerprint density at radius 2 is 1.85 bits per heavy atom. The Bertz CT molecular complexity index is 393. The standard InChI is InChI=1S/C12H19N/c1-6-11-8-10(5)13(9(3)4)12(11)7-2/h6-9H,1-5H3/b11-6-,12-7+. The fourth-order valence-electron chi connectivity index (χ4n) is 1.92. The molecule has 0 bridgehead atoms. The van der Waals surface area contributed by atoms with E-state index < -0.39 is 0 Å².